The molecule has 6 heteroatoms. The molecule has 0 amide bonds. The Balaban J connectivity index is 2.70. The Kier molecular flexibility index (Phi) is 2.67. The standard InChI is InChI=1S/C9H6IN3O2/c10-6-4-2-1-3-5(6)7-8(14)11-9(15)13-12-7/h1-4H,(H2,11,13,14,15). The van der Waals surface area contributed by atoms with Gasteiger partial charge in [0.2, 0.25) is 0 Å². The van der Waals surface area contributed by atoms with E-state index in [-0.39, 0.29) is 5.69 Å². The summed E-state index contributed by atoms with van der Waals surface area (Å²) in [6.45, 7) is 0. The maximum Gasteiger partial charge on any atom is 0.342 e. The Labute approximate surface area is 97.7 Å². The van der Waals surface area contributed by atoms with Gasteiger partial charge in [0.15, 0.2) is 5.69 Å². The fraction of sp³-hybridized carbons (Fsp3) is 0. The van der Waals surface area contributed by atoms with Gasteiger partial charge in [0, 0.05) is 9.13 Å². The summed E-state index contributed by atoms with van der Waals surface area (Å²) in [7, 11) is 0. The molecule has 1 aromatic carbocycles. The van der Waals surface area contributed by atoms with Gasteiger partial charge in [0.25, 0.3) is 5.56 Å². The fourth-order valence-electron chi connectivity index (χ4n) is 1.18. The molecule has 76 valence electrons. The minimum absolute atomic E-state index is 0.222. The van der Waals surface area contributed by atoms with Crippen LogP contribution in [0.1, 0.15) is 0 Å². The first kappa shape index (κ1) is 10.1. The van der Waals surface area contributed by atoms with Crippen LogP contribution in [-0.4, -0.2) is 15.2 Å². The summed E-state index contributed by atoms with van der Waals surface area (Å²) >= 11 is 2.10. The van der Waals surface area contributed by atoms with Gasteiger partial charge in [-0.15, -0.1) is 0 Å². The van der Waals surface area contributed by atoms with Crippen LogP contribution in [0.5, 0.6) is 0 Å². The second-order valence-electron chi connectivity index (χ2n) is 2.84. The van der Waals surface area contributed by atoms with E-state index >= 15 is 0 Å². The number of nitrogens with zero attached hydrogens (tertiary/aromatic N) is 1. The van der Waals surface area contributed by atoms with Gasteiger partial charge in [-0.05, 0) is 28.7 Å². The van der Waals surface area contributed by atoms with Gasteiger partial charge in [-0.1, -0.05) is 18.2 Å². The molecule has 0 aliphatic rings. The van der Waals surface area contributed by atoms with Crippen LogP contribution in [0.3, 0.4) is 0 Å². The maximum atomic E-state index is 11.5. The second-order valence-corrected chi connectivity index (χ2v) is 4.00. The van der Waals surface area contributed by atoms with E-state index in [9.17, 15) is 9.59 Å². The van der Waals surface area contributed by atoms with Crippen LogP contribution in [0.2, 0.25) is 0 Å². The second kappa shape index (κ2) is 3.97. The minimum Gasteiger partial charge on any atom is -0.271 e. The molecule has 0 fully saturated rings. The lowest BCUT2D eigenvalue weighted by atomic mass is 10.2. The maximum absolute atomic E-state index is 11.5. The van der Waals surface area contributed by atoms with Crippen molar-refractivity contribution in [2.45, 2.75) is 0 Å². The Morgan fingerprint density at radius 2 is 1.93 bits per heavy atom. The van der Waals surface area contributed by atoms with Crippen molar-refractivity contribution in [1.82, 2.24) is 15.2 Å². The lowest BCUT2D eigenvalue weighted by Crippen LogP contribution is -2.25. The van der Waals surface area contributed by atoms with E-state index in [1.807, 2.05) is 18.2 Å². The number of halogens is 1. The van der Waals surface area contributed by atoms with Gasteiger partial charge in [-0.3, -0.25) is 9.78 Å². The largest absolute Gasteiger partial charge is 0.342 e. The summed E-state index contributed by atoms with van der Waals surface area (Å²) in [5, 5.41) is 5.92. The van der Waals surface area contributed by atoms with Crippen LogP contribution in [0.15, 0.2) is 33.9 Å². The summed E-state index contributed by atoms with van der Waals surface area (Å²) in [5.41, 5.74) is -0.159. The molecule has 0 unspecified atom stereocenters. The molecular weight excluding hydrogens is 309 g/mol. The highest BCUT2D eigenvalue weighted by atomic mass is 127. The Morgan fingerprint density at radius 3 is 2.60 bits per heavy atom. The van der Waals surface area contributed by atoms with E-state index in [1.54, 1.807) is 6.07 Å². The zero-order valence-electron chi connectivity index (χ0n) is 7.45. The van der Waals surface area contributed by atoms with Crippen LogP contribution in [0.4, 0.5) is 0 Å². The normalized spacial score (nSPS) is 10.2. The zero-order valence-corrected chi connectivity index (χ0v) is 9.61. The predicted molar refractivity (Wildman–Crippen MR) is 63.6 cm³/mol. The van der Waals surface area contributed by atoms with Crippen LogP contribution in [0, 0.1) is 3.57 Å². The first-order valence-electron chi connectivity index (χ1n) is 4.12. The summed E-state index contributed by atoms with van der Waals surface area (Å²) in [6.07, 6.45) is 0. The number of aromatic amines is 2. The van der Waals surface area contributed by atoms with Crippen molar-refractivity contribution in [3.63, 3.8) is 0 Å². The molecule has 0 bridgehead atoms. The third-order valence-electron chi connectivity index (χ3n) is 1.84. The number of rotatable bonds is 1. The van der Waals surface area contributed by atoms with Crippen LogP contribution < -0.4 is 11.2 Å². The highest BCUT2D eigenvalue weighted by Crippen LogP contribution is 2.19. The molecule has 1 heterocycles. The number of benzene rings is 1. The van der Waals surface area contributed by atoms with E-state index in [4.69, 9.17) is 0 Å². The summed E-state index contributed by atoms with van der Waals surface area (Å²) in [5.74, 6) is 0. The van der Waals surface area contributed by atoms with Crippen LogP contribution >= 0.6 is 22.6 Å². The molecule has 0 spiro atoms. The van der Waals surface area contributed by atoms with Crippen LogP contribution in [0.25, 0.3) is 11.3 Å². The molecule has 0 saturated carbocycles. The number of hydrogen-bond donors (Lipinski definition) is 2. The Hall–Kier alpha value is -1.44. The average molecular weight is 315 g/mol. The van der Waals surface area contributed by atoms with Gasteiger partial charge < -0.3 is 0 Å². The number of nitrogens with one attached hydrogen (secondary N) is 2. The van der Waals surface area contributed by atoms with Gasteiger partial charge in [0.1, 0.15) is 0 Å². The van der Waals surface area contributed by atoms with Gasteiger partial charge >= 0.3 is 5.69 Å². The van der Waals surface area contributed by atoms with Gasteiger partial charge in [0.05, 0.1) is 0 Å². The highest BCUT2D eigenvalue weighted by molar-refractivity contribution is 14.1. The summed E-state index contributed by atoms with van der Waals surface area (Å²) in [6, 6.07) is 7.31. The molecule has 15 heavy (non-hydrogen) atoms. The fourth-order valence-corrected chi connectivity index (χ4v) is 1.83. The number of H-pyrrole nitrogens is 2. The molecule has 0 saturated heterocycles. The summed E-state index contributed by atoms with van der Waals surface area (Å²) < 4.78 is 0.903. The molecule has 0 aliphatic carbocycles. The van der Waals surface area contributed by atoms with Crippen molar-refractivity contribution in [3.8, 4) is 11.3 Å². The van der Waals surface area contributed by atoms with Crippen molar-refractivity contribution in [1.29, 1.82) is 0 Å². The first-order valence-corrected chi connectivity index (χ1v) is 5.20. The molecule has 0 radical (unpaired) electrons. The van der Waals surface area contributed by atoms with E-state index < -0.39 is 11.2 Å². The van der Waals surface area contributed by atoms with E-state index in [2.05, 4.69) is 37.8 Å². The lowest BCUT2D eigenvalue weighted by molar-refractivity contribution is 0.897. The molecule has 5 nitrogen and oxygen atoms in total. The molecular formula is C9H6IN3O2. The highest BCUT2D eigenvalue weighted by Gasteiger charge is 2.08. The SMILES string of the molecule is O=c1[nH]nc(-c2ccccc2I)c(=O)[nH]1. The number of aromatic nitrogens is 3. The van der Waals surface area contributed by atoms with Crippen molar-refractivity contribution >= 4 is 22.6 Å². The van der Waals surface area contributed by atoms with Gasteiger partial charge in [-0.2, -0.15) is 5.10 Å². The monoisotopic (exact) mass is 315 g/mol. The third kappa shape index (κ3) is 1.99. The molecule has 1 aromatic heterocycles. The number of hydrogen-bond acceptors (Lipinski definition) is 3. The Bertz CT molecular complexity index is 603. The van der Waals surface area contributed by atoms with Crippen molar-refractivity contribution < 1.29 is 0 Å². The minimum atomic E-state index is -0.602. The van der Waals surface area contributed by atoms with E-state index in [0.29, 0.717) is 5.56 Å². The first-order chi connectivity index (χ1) is 7.18. The van der Waals surface area contributed by atoms with Crippen molar-refractivity contribution in [2.24, 2.45) is 0 Å². The molecule has 0 aliphatic heterocycles. The molecule has 2 N–H and O–H groups in total. The topological polar surface area (TPSA) is 78.6 Å². The van der Waals surface area contributed by atoms with Crippen molar-refractivity contribution in [2.75, 3.05) is 0 Å². The quantitative estimate of drug-likeness (QED) is 0.762. The summed E-state index contributed by atoms with van der Waals surface area (Å²) in [4.78, 5) is 24.4. The predicted octanol–water partition coefficient (Wildman–Crippen LogP) is 0.730. The average Bonchev–Trinajstić information content (AvgIpc) is 2.20. The molecule has 0 atom stereocenters. The van der Waals surface area contributed by atoms with Gasteiger partial charge in [-0.25, -0.2) is 9.89 Å². The lowest BCUT2D eigenvalue weighted by Gasteiger charge is -2.00. The van der Waals surface area contributed by atoms with E-state index in [1.165, 1.54) is 0 Å². The van der Waals surface area contributed by atoms with E-state index in [0.717, 1.165) is 3.57 Å². The smallest absolute Gasteiger partial charge is 0.271 e. The molecule has 2 aromatic rings. The van der Waals surface area contributed by atoms with Crippen molar-refractivity contribution in [3.05, 3.63) is 48.7 Å². The Morgan fingerprint density at radius 1 is 1.20 bits per heavy atom. The van der Waals surface area contributed by atoms with Crippen LogP contribution in [-0.2, 0) is 0 Å². The zero-order chi connectivity index (χ0) is 10.8. The third-order valence-corrected chi connectivity index (χ3v) is 2.78. The molecule has 2 rings (SSSR count).